The van der Waals surface area contributed by atoms with Crippen LogP contribution in [0.4, 0.5) is 14.9 Å². The van der Waals surface area contributed by atoms with Gasteiger partial charge in [-0.05, 0) is 29.5 Å². The molecule has 28 heavy (non-hydrogen) atoms. The molecule has 1 unspecified atom stereocenters. The second-order valence-electron chi connectivity index (χ2n) is 6.13. The van der Waals surface area contributed by atoms with Crippen LogP contribution < -0.4 is 4.90 Å². The molecule has 0 aliphatic carbocycles. The number of cyclic esters (lactones) is 1. The first-order valence-electron chi connectivity index (χ1n) is 8.33. The van der Waals surface area contributed by atoms with E-state index in [4.69, 9.17) is 4.74 Å². The van der Waals surface area contributed by atoms with Crippen molar-refractivity contribution in [2.24, 2.45) is 12.2 Å². The summed E-state index contributed by atoms with van der Waals surface area (Å²) in [6.45, 7) is 0.00615. The fourth-order valence-corrected chi connectivity index (χ4v) is 2.89. The van der Waals surface area contributed by atoms with E-state index in [-0.39, 0.29) is 13.1 Å². The minimum Gasteiger partial charge on any atom is -0.442 e. The molecule has 142 valence electrons. The number of aryl methyl sites for hydroxylation is 1. The number of pyridine rings is 1. The summed E-state index contributed by atoms with van der Waals surface area (Å²) in [5, 5.41) is 14.4. The molecule has 2 aromatic heterocycles. The molecule has 1 aromatic carbocycles. The van der Waals surface area contributed by atoms with E-state index in [0.717, 1.165) is 0 Å². The highest BCUT2D eigenvalue weighted by Crippen LogP contribution is 2.29. The first-order chi connectivity index (χ1) is 13.5. The maximum Gasteiger partial charge on any atom is 0.414 e. The van der Waals surface area contributed by atoms with E-state index >= 15 is 0 Å². The number of hydrogen-bond acceptors (Lipinski definition) is 8. The highest BCUT2D eigenvalue weighted by molar-refractivity contribution is 5.90. The van der Waals surface area contributed by atoms with E-state index in [0.29, 0.717) is 28.3 Å². The van der Waals surface area contributed by atoms with Gasteiger partial charge in [0.2, 0.25) is 5.82 Å². The third-order valence-corrected chi connectivity index (χ3v) is 4.23. The Labute approximate surface area is 157 Å². The lowest BCUT2D eigenvalue weighted by molar-refractivity contribution is 0.145. The Morgan fingerprint density at radius 2 is 2.18 bits per heavy atom. The van der Waals surface area contributed by atoms with E-state index in [1.54, 1.807) is 31.3 Å². The molecule has 4 rings (SSSR count). The second-order valence-corrected chi connectivity index (χ2v) is 6.13. The van der Waals surface area contributed by atoms with E-state index < -0.39 is 18.0 Å². The first kappa shape index (κ1) is 17.6. The van der Waals surface area contributed by atoms with Crippen molar-refractivity contribution in [3.05, 3.63) is 47.3 Å². The molecule has 0 spiro atoms. The van der Waals surface area contributed by atoms with Crippen molar-refractivity contribution in [2.75, 3.05) is 18.0 Å². The molecular weight excluding hydrogens is 369 g/mol. The lowest BCUT2D eigenvalue weighted by Crippen LogP contribution is -2.25. The maximum absolute atomic E-state index is 14.7. The molecule has 1 fully saturated rings. The number of nitrogens with zero attached hydrogens (tertiary/aromatic N) is 7. The Morgan fingerprint density at radius 3 is 2.82 bits per heavy atom. The van der Waals surface area contributed by atoms with Crippen molar-refractivity contribution in [3.63, 3.8) is 0 Å². The average Bonchev–Trinajstić information content (AvgIpc) is 3.28. The van der Waals surface area contributed by atoms with Crippen LogP contribution in [0.2, 0.25) is 0 Å². The fraction of sp³-hybridized carbons (Fsp3) is 0.235. The summed E-state index contributed by atoms with van der Waals surface area (Å²) in [6.07, 6.45) is 0.252. The standard InChI is InChI=1S/C17H14FN7O3/c1-24-22-16(21-23-24)15-5-2-10(7-19-15)13-4-3-11(6-14(13)18)25-9-12(8-20-27)28-17(25)26/h2-7,12H,8-9H2,1H3. The molecule has 10 nitrogen and oxygen atoms in total. The maximum atomic E-state index is 14.7. The Morgan fingerprint density at radius 1 is 1.32 bits per heavy atom. The molecule has 0 N–H and O–H groups in total. The predicted molar refractivity (Wildman–Crippen MR) is 95.7 cm³/mol. The van der Waals surface area contributed by atoms with Crippen LogP contribution in [0.5, 0.6) is 0 Å². The Kier molecular flexibility index (Phi) is 4.47. The van der Waals surface area contributed by atoms with Crippen molar-refractivity contribution in [1.29, 1.82) is 0 Å². The van der Waals surface area contributed by atoms with Gasteiger partial charge in [-0.3, -0.25) is 9.88 Å². The Balaban J connectivity index is 1.56. The summed E-state index contributed by atoms with van der Waals surface area (Å²) in [7, 11) is 1.65. The van der Waals surface area contributed by atoms with Gasteiger partial charge in [0.15, 0.2) is 0 Å². The van der Waals surface area contributed by atoms with Gasteiger partial charge >= 0.3 is 6.09 Å². The van der Waals surface area contributed by atoms with Crippen molar-refractivity contribution < 1.29 is 13.9 Å². The van der Waals surface area contributed by atoms with Gasteiger partial charge in [-0.15, -0.1) is 10.2 Å². The monoisotopic (exact) mass is 383 g/mol. The number of carbonyl (C=O) groups excluding carboxylic acids is 1. The van der Waals surface area contributed by atoms with Gasteiger partial charge in [-0.25, -0.2) is 9.18 Å². The molecule has 3 aromatic rings. The molecule has 1 aliphatic rings. The topological polar surface area (TPSA) is 115 Å². The second kappa shape index (κ2) is 7.10. The number of aromatic nitrogens is 5. The van der Waals surface area contributed by atoms with Crippen LogP contribution in [0.25, 0.3) is 22.6 Å². The molecule has 0 radical (unpaired) electrons. The zero-order valence-corrected chi connectivity index (χ0v) is 14.7. The smallest absolute Gasteiger partial charge is 0.414 e. The third-order valence-electron chi connectivity index (χ3n) is 4.23. The predicted octanol–water partition coefficient (Wildman–Crippen LogP) is 2.17. The van der Waals surface area contributed by atoms with Crippen LogP contribution in [-0.4, -0.2) is 50.5 Å². The molecule has 0 saturated carbocycles. The lowest BCUT2D eigenvalue weighted by atomic mass is 10.1. The first-order valence-corrected chi connectivity index (χ1v) is 8.33. The Hall–Kier alpha value is -3.76. The molecule has 3 heterocycles. The highest BCUT2D eigenvalue weighted by Gasteiger charge is 2.32. The number of halogens is 1. The highest BCUT2D eigenvalue weighted by atomic mass is 19.1. The van der Waals surface area contributed by atoms with Crippen molar-refractivity contribution in [3.8, 4) is 22.6 Å². The number of hydrogen-bond donors (Lipinski definition) is 0. The van der Waals surface area contributed by atoms with E-state index in [1.807, 2.05) is 0 Å². The normalized spacial score (nSPS) is 16.3. The number of benzene rings is 1. The summed E-state index contributed by atoms with van der Waals surface area (Å²) in [5.74, 6) is -0.147. The van der Waals surface area contributed by atoms with E-state index in [1.165, 1.54) is 22.0 Å². The SMILES string of the molecule is Cn1nnc(-c2ccc(-c3ccc(N4CC(CN=O)OC4=O)cc3F)cn2)n1. The number of ether oxygens (including phenoxy) is 1. The lowest BCUT2D eigenvalue weighted by Gasteiger charge is -2.14. The summed E-state index contributed by atoms with van der Waals surface area (Å²) in [4.78, 5) is 29.1. The zero-order chi connectivity index (χ0) is 19.7. The minimum atomic E-state index is -0.636. The van der Waals surface area contributed by atoms with Gasteiger partial charge in [0.05, 0.1) is 19.3 Å². The number of amides is 1. The molecule has 1 amide bonds. The largest absolute Gasteiger partial charge is 0.442 e. The van der Waals surface area contributed by atoms with Gasteiger partial charge in [0, 0.05) is 17.3 Å². The van der Waals surface area contributed by atoms with Gasteiger partial charge in [0.25, 0.3) is 0 Å². The van der Waals surface area contributed by atoms with Gasteiger partial charge < -0.3 is 4.74 Å². The van der Waals surface area contributed by atoms with Crippen LogP contribution in [0.1, 0.15) is 0 Å². The number of rotatable bonds is 5. The molecule has 1 aliphatic heterocycles. The molecule has 1 saturated heterocycles. The van der Waals surface area contributed by atoms with Crippen LogP contribution in [0.3, 0.4) is 0 Å². The van der Waals surface area contributed by atoms with E-state index in [2.05, 4.69) is 25.6 Å². The van der Waals surface area contributed by atoms with Crippen LogP contribution >= 0.6 is 0 Å². The van der Waals surface area contributed by atoms with E-state index in [9.17, 15) is 14.1 Å². The third kappa shape index (κ3) is 3.29. The summed E-state index contributed by atoms with van der Waals surface area (Å²) >= 11 is 0. The number of carbonyl (C=O) groups is 1. The number of nitroso groups, excluding NO2 is 1. The van der Waals surface area contributed by atoms with Crippen LogP contribution in [0, 0.1) is 10.7 Å². The van der Waals surface area contributed by atoms with Crippen LogP contribution in [0.15, 0.2) is 41.7 Å². The van der Waals surface area contributed by atoms with Gasteiger partial charge in [-0.2, -0.15) is 9.70 Å². The van der Waals surface area contributed by atoms with Crippen molar-refractivity contribution in [1.82, 2.24) is 25.2 Å². The quantitative estimate of drug-likeness (QED) is 0.620. The van der Waals surface area contributed by atoms with Gasteiger partial charge in [0.1, 0.15) is 24.2 Å². The summed E-state index contributed by atoms with van der Waals surface area (Å²) in [6, 6.07) is 7.78. The van der Waals surface area contributed by atoms with Crippen molar-refractivity contribution >= 4 is 11.8 Å². The van der Waals surface area contributed by atoms with Crippen molar-refractivity contribution in [2.45, 2.75) is 6.10 Å². The molecule has 11 heteroatoms. The zero-order valence-electron chi connectivity index (χ0n) is 14.7. The molecule has 0 bridgehead atoms. The summed E-state index contributed by atoms with van der Waals surface area (Å²) in [5.41, 5.74) is 1.74. The van der Waals surface area contributed by atoms with Gasteiger partial charge in [-0.1, -0.05) is 11.2 Å². The Bertz CT molecular complexity index is 1040. The summed E-state index contributed by atoms with van der Waals surface area (Å²) < 4.78 is 19.7. The molecular formula is C17H14FN7O3. The average molecular weight is 383 g/mol. The molecule has 1 atom stereocenters. The fourth-order valence-electron chi connectivity index (χ4n) is 2.89. The number of tetrazole rings is 1. The number of anilines is 1. The van der Waals surface area contributed by atoms with Crippen LogP contribution in [-0.2, 0) is 11.8 Å². The minimum absolute atomic E-state index is 0.137.